The number of nitro groups is 2. The van der Waals surface area contributed by atoms with E-state index in [0.717, 1.165) is 31.4 Å². The number of hydrogen-bond donors (Lipinski definition) is 1. The van der Waals surface area contributed by atoms with Gasteiger partial charge in [-0.15, -0.1) is 0 Å². The Balaban J connectivity index is 3.07. The summed E-state index contributed by atoms with van der Waals surface area (Å²) in [6.07, 6.45) is 2.74. The van der Waals surface area contributed by atoms with Gasteiger partial charge in [-0.2, -0.15) is 0 Å². The van der Waals surface area contributed by atoms with E-state index in [2.05, 4.69) is 5.32 Å². The van der Waals surface area contributed by atoms with Gasteiger partial charge in [0.05, 0.1) is 21.5 Å². The van der Waals surface area contributed by atoms with E-state index in [9.17, 15) is 25.0 Å². The first kappa shape index (κ1) is 16.5. The number of carbonyl (C=O) groups excluding carboxylic acids is 1. The molecular weight excluding hydrogens is 278 g/mol. The summed E-state index contributed by atoms with van der Waals surface area (Å²) >= 11 is 0. The first-order valence-corrected chi connectivity index (χ1v) is 6.60. The third-order valence-electron chi connectivity index (χ3n) is 3.08. The minimum Gasteiger partial charge on any atom is -0.352 e. The van der Waals surface area contributed by atoms with Gasteiger partial charge in [-0.05, 0) is 13.3 Å². The maximum Gasteiger partial charge on any atom is 0.279 e. The molecule has 0 unspecified atom stereocenters. The number of rotatable bonds is 7. The van der Waals surface area contributed by atoms with Gasteiger partial charge in [0, 0.05) is 18.2 Å². The molecule has 1 aromatic carbocycles. The summed E-state index contributed by atoms with van der Waals surface area (Å²) in [5.74, 6) is -0.532. The van der Waals surface area contributed by atoms with E-state index in [4.69, 9.17) is 0 Å². The lowest BCUT2D eigenvalue weighted by Gasteiger charge is -2.08. The van der Waals surface area contributed by atoms with E-state index in [1.165, 1.54) is 6.92 Å². The van der Waals surface area contributed by atoms with Crippen molar-refractivity contribution in [2.45, 2.75) is 33.1 Å². The van der Waals surface area contributed by atoms with Crippen molar-refractivity contribution in [2.75, 3.05) is 6.54 Å². The second-order valence-electron chi connectivity index (χ2n) is 4.61. The number of unbranched alkanes of at least 4 members (excludes halogenated alkanes) is 2. The van der Waals surface area contributed by atoms with Crippen LogP contribution in [0.2, 0.25) is 0 Å². The van der Waals surface area contributed by atoms with Crippen LogP contribution in [0.25, 0.3) is 0 Å². The lowest BCUT2D eigenvalue weighted by Crippen LogP contribution is -2.25. The van der Waals surface area contributed by atoms with Gasteiger partial charge in [0.25, 0.3) is 17.3 Å². The largest absolute Gasteiger partial charge is 0.352 e. The Kier molecular flexibility index (Phi) is 5.77. The van der Waals surface area contributed by atoms with E-state index >= 15 is 0 Å². The molecule has 0 aromatic heterocycles. The molecule has 0 atom stereocenters. The standard InChI is InChI=1S/C13H17N3O5/c1-3-4-5-6-14-13(17)11-7-10(15(18)19)8-12(9(11)2)16(20)21/h7-8H,3-6H2,1-2H3,(H,14,17). The quantitative estimate of drug-likeness (QED) is 0.471. The monoisotopic (exact) mass is 295 g/mol. The Hall–Kier alpha value is -2.51. The second kappa shape index (κ2) is 7.32. The predicted molar refractivity (Wildman–Crippen MR) is 76.3 cm³/mol. The van der Waals surface area contributed by atoms with Crippen LogP contribution < -0.4 is 5.32 Å². The van der Waals surface area contributed by atoms with Crippen LogP contribution in [0.4, 0.5) is 11.4 Å². The highest BCUT2D eigenvalue weighted by atomic mass is 16.6. The molecule has 0 spiro atoms. The molecular formula is C13H17N3O5. The zero-order chi connectivity index (χ0) is 16.0. The average Bonchev–Trinajstić information content (AvgIpc) is 2.43. The van der Waals surface area contributed by atoms with Gasteiger partial charge < -0.3 is 5.32 Å². The van der Waals surface area contributed by atoms with Gasteiger partial charge in [-0.25, -0.2) is 0 Å². The fourth-order valence-corrected chi connectivity index (χ4v) is 1.89. The normalized spacial score (nSPS) is 10.2. The molecule has 0 saturated carbocycles. The van der Waals surface area contributed by atoms with E-state index < -0.39 is 27.1 Å². The summed E-state index contributed by atoms with van der Waals surface area (Å²) in [7, 11) is 0. The van der Waals surface area contributed by atoms with Crippen molar-refractivity contribution in [1.82, 2.24) is 5.32 Å². The van der Waals surface area contributed by atoms with Crippen LogP contribution in [0, 0.1) is 27.2 Å². The third-order valence-corrected chi connectivity index (χ3v) is 3.08. The van der Waals surface area contributed by atoms with Crippen molar-refractivity contribution >= 4 is 17.3 Å². The smallest absolute Gasteiger partial charge is 0.279 e. The van der Waals surface area contributed by atoms with Crippen molar-refractivity contribution in [3.05, 3.63) is 43.5 Å². The molecule has 8 nitrogen and oxygen atoms in total. The van der Waals surface area contributed by atoms with Crippen molar-refractivity contribution < 1.29 is 14.6 Å². The van der Waals surface area contributed by atoms with Crippen LogP contribution in [0.1, 0.15) is 42.1 Å². The van der Waals surface area contributed by atoms with Crippen molar-refractivity contribution in [2.24, 2.45) is 0 Å². The predicted octanol–water partition coefficient (Wildman–Crippen LogP) is 2.73. The minimum absolute atomic E-state index is 0.0348. The second-order valence-corrected chi connectivity index (χ2v) is 4.61. The highest BCUT2D eigenvalue weighted by molar-refractivity contribution is 5.97. The first-order valence-electron chi connectivity index (χ1n) is 6.60. The lowest BCUT2D eigenvalue weighted by atomic mass is 10.0. The van der Waals surface area contributed by atoms with E-state index in [-0.39, 0.29) is 11.1 Å². The van der Waals surface area contributed by atoms with Crippen LogP contribution in [0.15, 0.2) is 12.1 Å². The van der Waals surface area contributed by atoms with Gasteiger partial charge in [-0.3, -0.25) is 25.0 Å². The summed E-state index contributed by atoms with van der Waals surface area (Å²) in [6.45, 7) is 3.86. The molecule has 114 valence electrons. The Bertz CT molecular complexity index is 571. The average molecular weight is 295 g/mol. The molecule has 0 fully saturated rings. The number of carbonyl (C=O) groups is 1. The molecule has 0 aliphatic carbocycles. The van der Waals surface area contributed by atoms with Crippen molar-refractivity contribution in [1.29, 1.82) is 0 Å². The summed E-state index contributed by atoms with van der Waals surface area (Å²) in [6, 6.07) is 1.93. The van der Waals surface area contributed by atoms with Gasteiger partial charge in [0.15, 0.2) is 0 Å². The Morgan fingerprint density at radius 1 is 1.19 bits per heavy atom. The number of hydrogen-bond acceptors (Lipinski definition) is 5. The lowest BCUT2D eigenvalue weighted by molar-refractivity contribution is -0.394. The fourth-order valence-electron chi connectivity index (χ4n) is 1.89. The summed E-state index contributed by atoms with van der Waals surface area (Å²) in [5, 5.41) is 24.4. The zero-order valence-corrected chi connectivity index (χ0v) is 11.9. The van der Waals surface area contributed by atoms with Gasteiger partial charge in [-0.1, -0.05) is 19.8 Å². The zero-order valence-electron chi connectivity index (χ0n) is 11.9. The Labute approximate surface area is 121 Å². The molecule has 0 heterocycles. The molecule has 0 bridgehead atoms. The maximum atomic E-state index is 12.0. The highest BCUT2D eigenvalue weighted by Crippen LogP contribution is 2.27. The molecule has 0 aliphatic heterocycles. The number of benzene rings is 1. The SMILES string of the molecule is CCCCCNC(=O)c1cc([N+](=O)[O-])cc([N+](=O)[O-])c1C. The summed E-state index contributed by atoms with van der Waals surface area (Å²) < 4.78 is 0. The van der Waals surface area contributed by atoms with E-state index in [0.29, 0.717) is 6.54 Å². The molecule has 1 amide bonds. The van der Waals surface area contributed by atoms with Crippen LogP contribution in [0.5, 0.6) is 0 Å². The number of nitrogens with one attached hydrogen (secondary N) is 1. The van der Waals surface area contributed by atoms with Crippen LogP contribution in [-0.4, -0.2) is 22.3 Å². The summed E-state index contributed by atoms with van der Waals surface area (Å²) in [5.41, 5.74) is -0.806. The fraction of sp³-hybridized carbons (Fsp3) is 0.462. The molecule has 0 radical (unpaired) electrons. The molecule has 1 aromatic rings. The molecule has 21 heavy (non-hydrogen) atoms. The van der Waals surface area contributed by atoms with Crippen LogP contribution >= 0.6 is 0 Å². The van der Waals surface area contributed by atoms with Gasteiger partial charge in [0.2, 0.25) is 0 Å². The highest BCUT2D eigenvalue weighted by Gasteiger charge is 2.24. The van der Waals surface area contributed by atoms with Crippen LogP contribution in [-0.2, 0) is 0 Å². The number of nitro benzene ring substituents is 2. The minimum atomic E-state index is -0.750. The Morgan fingerprint density at radius 2 is 1.86 bits per heavy atom. The van der Waals surface area contributed by atoms with Crippen molar-refractivity contribution in [3.8, 4) is 0 Å². The van der Waals surface area contributed by atoms with E-state index in [1.54, 1.807) is 0 Å². The van der Waals surface area contributed by atoms with Gasteiger partial charge in [0.1, 0.15) is 0 Å². The Morgan fingerprint density at radius 3 is 2.38 bits per heavy atom. The van der Waals surface area contributed by atoms with Gasteiger partial charge >= 0.3 is 0 Å². The third kappa shape index (κ3) is 4.23. The molecule has 1 rings (SSSR count). The molecule has 0 saturated heterocycles. The van der Waals surface area contributed by atoms with E-state index in [1.807, 2.05) is 6.92 Å². The summed E-state index contributed by atoms with van der Waals surface area (Å²) in [4.78, 5) is 32.3. The topological polar surface area (TPSA) is 115 Å². The molecule has 0 aliphatic rings. The number of nitrogens with zero attached hydrogens (tertiary/aromatic N) is 2. The first-order chi connectivity index (χ1) is 9.88. The number of non-ortho nitro benzene ring substituents is 1. The molecule has 1 N–H and O–H groups in total. The molecule has 8 heteroatoms. The van der Waals surface area contributed by atoms with Crippen molar-refractivity contribution in [3.63, 3.8) is 0 Å². The van der Waals surface area contributed by atoms with Crippen LogP contribution in [0.3, 0.4) is 0 Å². The maximum absolute atomic E-state index is 12.0. The number of amides is 1.